The normalized spacial score (nSPS) is 16.6. The van der Waals surface area contributed by atoms with Gasteiger partial charge in [0, 0.05) is 37.6 Å². The average Bonchev–Trinajstić information content (AvgIpc) is 2.70. The van der Waals surface area contributed by atoms with Gasteiger partial charge in [-0.3, -0.25) is 14.7 Å². The van der Waals surface area contributed by atoms with Crippen molar-refractivity contribution in [3.05, 3.63) is 57.9 Å². The van der Waals surface area contributed by atoms with E-state index < -0.39 is 0 Å². The van der Waals surface area contributed by atoms with Gasteiger partial charge in [-0.25, -0.2) is 0 Å². The maximum atomic E-state index is 12.5. The van der Waals surface area contributed by atoms with Crippen molar-refractivity contribution in [3.8, 4) is 5.75 Å². The van der Waals surface area contributed by atoms with Crippen LogP contribution in [0.3, 0.4) is 0 Å². The maximum absolute atomic E-state index is 12.5. The molecule has 1 amide bonds. The summed E-state index contributed by atoms with van der Waals surface area (Å²) in [6, 6.07) is 6.38. The lowest BCUT2D eigenvalue weighted by Crippen LogP contribution is -2.45. The van der Waals surface area contributed by atoms with Crippen LogP contribution in [0.4, 0.5) is 0 Å². The summed E-state index contributed by atoms with van der Waals surface area (Å²) >= 11 is 6.08. The van der Waals surface area contributed by atoms with E-state index in [-0.39, 0.29) is 11.9 Å². The second kappa shape index (κ2) is 8.93. The highest BCUT2D eigenvalue weighted by molar-refractivity contribution is 6.33. The number of carbonyl (C=O) groups excluding carboxylic acids is 1. The van der Waals surface area contributed by atoms with Gasteiger partial charge < -0.3 is 10.1 Å². The minimum Gasteiger partial charge on any atom is -0.496 e. The number of nitrogens with one attached hydrogen (secondary N) is 1. The van der Waals surface area contributed by atoms with E-state index in [9.17, 15) is 4.79 Å². The van der Waals surface area contributed by atoms with Gasteiger partial charge in [-0.15, -0.1) is 0 Å². The Hall–Kier alpha value is -2.11. The Balaban J connectivity index is 1.60. The molecule has 1 aliphatic heterocycles. The number of rotatable bonds is 5. The highest BCUT2D eigenvalue weighted by atomic mass is 35.5. The van der Waals surface area contributed by atoms with Crippen LogP contribution < -0.4 is 10.1 Å². The largest absolute Gasteiger partial charge is 0.496 e. The molecule has 1 N–H and O–H groups in total. The SMILES string of the molecule is COc1ccc(C(C)N2CCC(NC(=O)c3ccncc3Cl)CC2)c(C)c1C. The second-order valence-corrected chi connectivity index (χ2v) is 7.83. The van der Waals surface area contributed by atoms with Gasteiger partial charge in [0.25, 0.3) is 5.91 Å². The summed E-state index contributed by atoms with van der Waals surface area (Å²) in [5.74, 6) is 0.810. The van der Waals surface area contributed by atoms with E-state index in [2.05, 4.69) is 48.1 Å². The maximum Gasteiger partial charge on any atom is 0.253 e. The molecule has 1 aromatic heterocycles. The van der Waals surface area contributed by atoms with Gasteiger partial charge in [0.05, 0.1) is 17.7 Å². The van der Waals surface area contributed by atoms with Crippen molar-refractivity contribution < 1.29 is 9.53 Å². The molecule has 2 aromatic rings. The first-order valence-electron chi connectivity index (χ1n) is 9.71. The molecule has 3 rings (SSSR count). The van der Waals surface area contributed by atoms with Gasteiger partial charge in [0.1, 0.15) is 5.75 Å². The first-order valence-corrected chi connectivity index (χ1v) is 10.1. The number of amides is 1. The van der Waals surface area contributed by atoms with E-state index >= 15 is 0 Å². The summed E-state index contributed by atoms with van der Waals surface area (Å²) in [6.45, 7) is 8.41. The zero-order valence-corrected chi connectivity index (χ0v) is 17.7. The topological polar surface area (TPSA) is 54.5 Å². The Bertz CT molecular complexity index is 848. The number of nitrogens with zero attached hydrogens (tertiary/aromatic N) is 2. The number of methoxy groups -OCH3 is 1. The molecule has 0 radical (unpaired) electrons. The van der Waals surface area contributed by atoms with Crippen molar-refractivity contribution >= 4 is 17.5 Å². The predicted molar refractivity (Wildman–Crippen MR) is 112 cm³/mol. The van der Waals surface area contributed by atoms with E-state index in [0.717, 1.165) is 31.7 Å². The number of carbonyl (C=O) groups is 1. The molecule has 1 saturated heterocycles. The van der Waals surface area contributed by atoms with Gasteiger partial charge in [-0.05, 0) is 62.4 Å². The molecule has 1 aliphatic rings. The zero-order valence-electron chi connectivity index (χ0n) is 17.0. The Morgan fingerprint density at radius 2 is 1.96 bits per heavy atom. The molecule has 0 bridgehead atoms. The molecule has 0 aliphatic carbocycles. The van der Waals surface area contributed by atoms with E-state index in [0.29, 0.717) is 16.6 Å². The van der Waals surface area contributed by atoms with E-state index in [1.165, 1.54) is 22.9 Å². The molecule has 0 saturated carbocycles. The van der Waals surface area contributed by atoms with Gasteiger partial charge in [0.2, 0.25) is 0 Å². The summed E-state index contributed by atoms with van der Waals surface area (Å²) in [6.07, 6.45) is 4.93. The minimum atomic E-state index is -0.125. The summed E-state index contributed by atoms with van der Waals surface area (Å²) in [4.78, 5) is 18.9. The zero-order chi connectivity index (χ0) is 20.3. The third-order valence-electron chi connectivity index (χ3n) is 5.88. The van der Waals surface area contributed by atoms with Gasteiger partial charge in [0.15, 0.2) is 0 Å². The fourth-order valence-corrected chi connectivity index (χ4v) is 4.15. The van der Waals surface area contributed by atoms with Crippen LogP contribution in [0.25, 0.3) is 0 Å². The number of piperidine rings is 1. The summed E-state index contributed by atoms with van der Waals surface area (Å²) in [7, 11) is 1.71. The Labute approximate surface area is 172 Å². The van der Waals surface area contributed by atoms with E-state index in [1.54, 1.807) is 19.4 Å². The van der Waals surface area contributed by atoms with Gasteiger partial charge >= 0.3 is 0 Å². The number of hydrogen-bond acceptors (Lipinski definition) is 4. The summed E-state index contributed by atoms with van der Waals surface area (Å²) in [5, 5.41) is 3.50. The molecule has 1 atom stereocenters. The Morgan fingerprint density at radius 3 is 2.61 bits per heavy atom. The molecule has 0 spiro atoms. The smallest absolute Gasteiger partial charge is 0.253 e. The lowest BCUT2D eigenvalue weighted by Gasteiger charge is -2.37. The number of benzene rings is 1. The van der Waals surface area contributed by atoms with Crippen LogP contribution >= 0.6 is 11.6 Å². The minimum absolute atomic E-state index is 0.125. The van der Waals surface area contributed by atoms with Crippen LogP contribution in [0.2, 0.25) is 5.02 Å². The van der Waals surface area contributed by atoms with Crippen molar-refractivity contribution in [3.63, 3.8) is 0 Å². The monoisotopic (exact) mass is 401 g/mol. The van der Waals surface area contributed by atoms with Crippen molar-refractivity contribution in [2.45, 2.75) is 45.7 Å². The van der Waals surface area contributed by atoms with Crippen molar-refractivity contribution in [1.82, 2.24) is 15.2 Å². The standard InChI is InChI=1S/C22H28ClN3O2/c1-14-15(2)21(28-4)6-5-18(14)16(3)26-11-8-17(9-12-26)25-22(27)19-7-10-24-13-20(19)23/h5-7,10,13,16-17H,8-9,11-12H2,1-4H3,(H,25,27). The molecule has 5 nitrogen and oxygen atoms in total. The van der Waals surface area contributed by atoms with Crippen molar-refractivity contribution in [1.29, 1.82) is 0 Å². The first kappa shape index (κ1) is 20.6. The highest BCUT2D eigenvalue weighted by Crippen LogP contribution is 2.32. The molecular formula is C22H28ClN3O2. The van der Waals surface area contributed by atoms with Crippen LogP contribution in [0.1, 0.15) is 52.9 Å². The fourth-order valence-electron chi connectivity index (χ4n) is 3.94. The quantitative estimate of drug-likeness (QED) is 0.810. The van der Waals surface area contributed by atoms with Crippen LogP contribution in [0, 0.1) is 13.8 Å². The number of halogens is 1. The van der Waals surface area contributed by atoms with Crippen LogP contribution in [0.15, 0.2) is 30.6 Å². The summed E-state index contributed by atoms with van der Waals surface area (Å²) in [5.41, 5.74) is 4.30. The molecule has 1 unspecified atom stereocenters. The van der Waals surface area contributed by atoms with Crippen molar-refractivity contribution in [2.75, 3.05) is 20.2 Å². The number of pyridine rings is 1. The van der Waals surface area contributed by atoms with Gasteiger partial charge in [-0.2, -0.15) is 0 Å². The number of likely N-dealkylation sites (tertiary alicyclic amines) is 1. The third-order valence-corrected chi connectivity index (χ3v) is 6.18. The molecule has 2 heterocycles. The number of aromatic nitrogens is 1. The molecule has 6 heteroatoms. The summed E-state index contributed by atoms with van der Waals surface area (Å²) < 4.78 is 5.43. The van der Waals surface area contributed by atoms with Crippen LogP contribution in [-0.4, -0.2) is 42.0 Å². The number of ether oxygens (including phenoxy) is 1. The predicted octanol–water partition coefficient (Wildman–Crippen LogP) is 4.32. The Kier molecular flexibility index (Phi) is 6.57. The molecular weight excluding hydrogens is 374 g/mol. The fraction of sp³-hybridized carbons (Fsp3) is 0.455. The average molecular weight is 402 g/mol. The molecule has 150 valence electrons. The molecule has 1 aromatic carbocycles. The van der Waals surface area contributed by atoms with Gasteiger partial charge in [-0.1, -0.05) is 17.7 Å². The molecule has 28 heavy (non-hydrogen) atoms. The first-order chi connectivity index (χ1) is 13.4. The Morgan fingerprint density at radius 1 is 1.25 bits per heavy atom. The van der Waals surface area contributed by atoms with E-state index in [4.69, 9.17) is 16.3 Å². The number of hydrogen-bond donors (Lipinski definition) is 1. The third kappa shape index (κ3) is 4.31. The second-order valence-electron chi connectivity index (χ2n) is 7.42. The lowest BCUT2D eigenvalue weighted by molar-refractivity contribution is 0.0896. The lowest BCUT2D eigenvalue weighted by atomic mass is 9.94. The van der Waals surface area contributed by atoms with Crippen LogP contribution in [0.5, 0.6) is 5.75 Å². The van der Waals surface area contributed by atoms with E-state index in [1.807, 2.05) is 0 Å². The molecule has 1 fully saturated rings. The van der Waals surface area contributed by atoms with Crippen molar-refractivity contribution in [2.24, 2.45) is 0 Å². The highest BCUT2D eigenvalue weighted by Gasteiger charge is 2.26. The van der Waals surface area contributed by atoms with Crippen LogP contribution in [-0.2, 0) is 0 Å².